The van der Waals surface area contributed by atoms with Gasteiger partial charge in [0.25, 0.3) is 0 Å². The third-order valence-corrected chi connectivity index (χ3v) is 4.70. The van der Waals surface area contributed by atoms with Crippen LogP contribution in [-0.4, -0.2) is 0 Å². The Balaban J connectivity index is 0.000000177. The Morgan fingerprint density at radius 2 is 1.36 bits per heavy atom. The third kappa shape index (κ3) is 6.49. The van der Waals surface area contributed by atoms with Crippen LogP contribution in [0.25, 0.3) is 11.1 Å². The zero-order valence-corrected chi connectivity index (χ0v) is 20.0. The van der Waals surface area contributed by atoms with Crippen molar-refractivity contribution < 1.29 is 17.0 Å². The van der Waals surface area contributed by atoms with Crippen molar-refractivity contribution in [3.63, 3.8) is 0 Å². The first-order valence-electron chi connectivity index (χ1n) is 9.54. The molecule has 0 saturated carbocycles. The van der Waals surface area contributed by atoms with Gasteiger partial charge in [0.2, 0.25) is 0 Å². The van der Waals surface area contributed by atoms with Gasteiger partial charge in [0.05, 0.1) is 0 Å². The predicted octanol–water partition coefficient (Wildman–Crippen LogP) is 8.17. The van der Waals surface area contributed by atoms with Gasteiger partial charge in [-0.15, -0.1) is 5.56 Å². The second-order valence-electron chi connectivity index (χ2n) is 7.34. The smallest absolute Gasteiger partial charge is 0.0253 e. The second kappa shape index (κ2) is 11.8. The van der Waals surface area contributed by atoms with Gasteiger partial charge in [-0.25, -0.2) is 0 Å². The quantitative estimate of drug-likeness (QED) is 0.216. The molecule has 1 aliphatic rings. The molecule has 0 saturated heterocycles. The van der Waals surface area contributed by atoms with Crippen molar-refractivity contribution in [1.82, 2.24) is 0 Å². The van der Waals surface area contributed by atoms with E-state index in [2.05, 4.69) is 94.4 Å². The molecular weight excluding hydrogens is 419 g/mol. The average Bonchev–Trinajstić information content (AvgIpc) is 3.08. The van der Waals surface area contributed by atoms with E-state index < -0.39 is 17.0 Å². The molecule has 0 unspecified atom stereocenters. The number of halogens is 2. The summed E-state index contributed by atoms with van der Waals surface area (Å²) < 4.78 is 0. The van der Waals surface area contributed by atoms with Gasteiger partial charge < -0.3 is 0 Å². The van der Waals surface area contributed by atoms with Crippen molar-refractivity contribution in [2.45, 2.75) is 46.0 Å². The second-order valence-corrected chi connectivity index (χ2v) is 9.92. The van der Waals surface area contributed by atoms with E-state index >= 15 is 0 Å². The van der Waals surface area contributed by atoms with Gasteiger partial charge in [0, 0.05) is 0 Å². The minimum Gasteiger partial charge on any atom is -0.179 e. The summed E-state index contributed by atoms with van der Waals surface area (Å²) in [4.78, 5) is 0. The van der Waals surface area contributed by atoms with Crippen LogP contribution in [0, 0.1) is 12.1 Å². The molecule has 0 fully saturated rings. The Bertz CT molecular complexity index is 805. The first-order chi connectivity index (χ1) is 13.5. The number of hydrogen-bond donors (Lipinski definition) is 0. The van der Waals surface area contributed by atoms with E-state index in [4.69, 9.17) is 18.6 Å². The zero-order chi connectivity index (χ0) is 20.5. The molecule has 0 radical (unpaired) electrons. The van der Waals surface area contributed by atoms with Gasteiger partial charge >= 0.3 is 35.6 Å². The van der Waals surface area contributed by atoms with Crippen LogP contribution in [0.5, 0.6) is 0 Å². The molecule has 4 rings (SSSR count). The van der Waals surface area contributed by atoms with Crippen LogP contribution in [0.15, 0.2) is 60.7 Å². The van der Waals surface area contributed by atoms with Gasteiger partial charge in [-0.1, -0.05) is 63.1 Å². The van der Waals surface area contributed by atoms with Crippen molar-refractivity contribution in [3.05, 3.63) is 95.1 Å². The van der Waals surface area contributed by atoms with Crippen molar-refractivity contribution >= 4 is 18.6 Å². The molecule has 0 spiro atoms. The summed E-state index contributed by atoms with van der Waals surface area (Å²) in [6.07, 6.45) is 1.05. The average molecular weight is 445 g/mol. The fourth-order valence-electron chi connectivity index (χ4n) is 3.18. The minimum atomic E-state index is -0.556. The Labute approximate surface area is 187 Å². The van der Waals surface area contributed by atoms with Gasteiger partial charge in [0.1, 0.15) is 0 Å². The number of benzene rings is 3. The van der Waals surface area contributed by atoms with Crippen LogP contribution < -0.4 is 0 Å². The number of fused-ring (bicyclic) bond motifs is 3. The Kier molecular flexibility index (Phi) is 9.82. The summed E-state index contributed by atoms with van der Waals surface area (Å²) in [5.41, 5.74) is 8.15. The van der Waals surface area contributed by atoms with E-state index in [-0.39, 0.29) is 0 Å². The maximum absolute atomic E-state index is 4.89. The molecule has 0 aromatic heterocycles. The fraction of sp³-hybridized carbons (Fsp3) is 0.280. The molecule has 0 bridgehead atoms. The van der Waals surface area contributed by atoms with Crippen molar-refractivity contribution in [2.24, 2.45) is 0 Å². The molecule has 1 aliphatic carbocycles. The summed E-state index contributed by atoms with van der Waals surface area (Å²) in [6.45, 7) is 8.82. The molecule has 0 N–H and O–H groups in total. The molecule has 146 valence electrons. The minimum absolute atomic E-state index is 0.556. The monoisotopic (exact) mass is 444 g/mol. The van der Waals surface area contributed by atoms with Crippen LogP contribution in [0.3, 0.4) is 0 Å². The van der Waals surface area contributed by atoms with Crippen LogP contribution in [0.2, 0.25) is 0 Å². The Morgan fingerprint density at radius 3 is 1.96 bits per heavy atom. The largest absolute Gasteiger partial charge is 0.179 e. The van der Waals surface area contributed by atoms with E-state index in [1.54, 1.807) is 0 Å². The number of rotatable bonds is 2. The van der Waals surface area contributed by atoms with Gasteiger partial charge in [0.15, 0.2) is 0 Å². The van der Waals surface area contributed by atoms with Crippen molar-refractivity contribution in [1.29, 1.82) is 0 Å². The third-order valence-electron chi connectivity index (χ3n) is 4.70. The summed E-state index contributed by atoms with van der Waals surface area (Å²) in [5, 5.41) is 0. The van der Waals surface area contributed by atoms with E-state index in [1.165, 1.54) is 33.4 Å². The molecule has 3 heteroatoms. The molecule has 3 aromatic carbocycles. The van der Waals surface area contributed by atoms with E-state index in [9.17, 15) is 0 Å². The van der Waals surface area contributed by atoms with Gasteiger partial charge in [-0.05, 0) is 18.3 Å². The summed E-state index contributed by atoms with van der Waals surface area (Å²) in [7, 11) is 9.78. The summed E-state index contributed by atoms with van der Waals surface area (Å²) in [6, 6.07) is 28.0. The molecule has 28 heavy (non-hydrogen) atoms. The fourth-order valence-corrected chi connectivity index (χ4v) is 3.18. The molecule has 3 aromatic rings. The molecule has 0 nitrogen and oxygen atoms in total. The Morgan fingerprint density at radius 1 is 0.786 bits per heavy atom. The molecular formula is C25H26Cl2Ti-2. The van der Waals surface area contributed by atoms with Crippen LogP contribution in [0.4, 0.5) is 0 Å². The molecule has 0 amide bonds. The van der Waals surface area contributed by atoms with Gasteiger partial charge in [-0.3, -0.25) is 0 Å². The van der Waals surface area contributed by atoms with Crippen LogP contribution >= 0.6 is 18.6 Å². The SMILES string of the molecule is CC(C)c1[c-]c(C(C)C)ccc1.[Cl][Ti][Cl].[c-]1cccc2c1Cc1ccccc1-2. The summed E-state index contributed by atoms with van der Waals surface area (Å²) >= 11 is -0.556. The topological polar surface area (TPSA) is 0 Å². The van der Waals surface area contributed by atoms with Crippen molar-refractivity contribution in [3.8, 4) is 11.1 Å². The zero-order valence-electron chi connectivity index (χ0n) is 16.9. The maximum atomic E-state index is 4.89. The normalized spacial score (nSPS) is 11.0. The van der Waals surface area contributed by atoms with E-state index in [0.29, 0.717) is 11.8 Å². The molecule has 0 aliphatic heterocycles. The first-order valence-corrected chi connectivity index (χ1v) is 13.8. The maximum Gasteiger partial charge on any atom is -0.0253 e. The number of hydrogen-bond acceptors (Lipinski definition) is 0. The first kappa shape index (κ1) is 23.2. The Hall–Kier alpha value is -1.05. The van der Waals surface area contributed by atoms with E-state index in [0.717, 1.165) is 6.42 Å². The van der Waals surface area contributed by atoms with Gasteiger partial charge in [-0.2, -0.15) is 65.2 Å². The van der Waals surface area contributed by atoms with E-state index in [1.807, 2.05) is 6.07 Å². The van der Waals surface area contributed by atoms with Crippen LogP contribution in [-0.2, 0) is 23.5 Å². The van der Waals surface area contributed by atoms with Crippen molar-refractivity contribution in [2.75, 3.05) is 0 Å². The van der Waals surface area contributed by atoms with Crippen LogP contribution in [0.1, 0.15) is 61.8 Å². The predicted molar refractivity (Wildman–Crippen MR) is 119 cm³/mol. The standard InChI is InChI=1S/C13H9.C12H17.2ClH.Ti/c1-3-7-12-10(5-1)9-11-6-2-4-8-13(11)12;1-9(2)11-6-5-7-12(8-11)10(3)4;;;/h1-5,7-8H,9H2;5-7,9-10H,1-4H3;2*1H;/q2*-1;;;+2/p-2. The molecule has 0 atom stereocenters. The molecule has 0 heterocycles. The summed E-state index contributed by atoms with van der Waals surface area (Å²) in [5.74, 6) is 1.17.